The van der Waals surface area contributed by atoms with Crippen molar-refractivity contribution in [2.75, 3.05) is 26.7 Å². The van der Waals surface area contributed by atoms with Gasteiger partial charge in [-0.15, -0.1) is 11.3 Å². The Kier molecular flexibility index (Phi) is 6.04. The molecule has 0 bridgehead atoms. The van der Waals surface area contributed by atoms with Crippen molar-refractivity contribution in [2.24, 2.45) is 10.9 Å². The number of hydrogen-bond acceptors (Lipinski definition) is 4. The Morgan fingerprint density at radius 2 is 2.48 bits per heavy atom. The molecular weight excluding hydrogens is 286 g/mol. The van der Waals surface area contributed by atoms with Crippen molar-refractivity contribution in [1.29, 1.82) is 0 Å². The van der Waals surface area contributed by atoms with Crippen LogP contribution in [0.2, 0.25) is 0 Å². The van der Waals surface area contributed by atoms with Crippen molar-refractivity contribution in [3.8, 4) is 0 Å². The summed E-state index contributed by atoms with van der Waals surface area (Å²) in [7, 11) is 1.78. The van der Waals surface area contributed by atoms with Gasteiger partial charge in [-0.05, 0) is 31.2 Å². The second kappa shape index (κ2) is 8.02. The van der Waals surface area contributed by atoms with Crippen LogP contribution < -0.4 is 5.32 Å². The number of nitrogens with zero attached hydrogens (tertiary/aromatic N) is 2. The summed E-state index contributed by atoms with van der Waals surface area (Å²) in [5.74, 6) is 0.729. The molecule has 6 heteroatoms. The Labute approximate surface area is 130 Å². The number of thiophene rings is 1. The average molecular weight is 309 g/mol. The lowest BCUT2D eigenvalue weighted by molar-refractivity contribution is -0.149. The van der Waals surface area contributed by atoms with Crippen LogP contribution in [0.3, 0.4) is 0 Å². The molecule has 0 aliphatic carbocycles. The van der Waals surface area contributed by atoms with Crippen molar-refractivity contribution in [2.45, 2.75) is 26.3 Å². The van der Waals surface area contributed by atoms with Gasteiger partial charge in [-0.25, -0.2) is 0 Å². The Balaban J connectivity index is 1.90. The molecule has 1 aromatic heterocycles. The maximum absolute atomic E-state index is 11.9. The lowest BCUT2D eigenvalue weighted by Crippen LogP contribution is -2.48. The fraction of sp³-hybridized carbons (Fsp3) is 0.600. The van der Waals surface area contributed by atoms with Crippen LogP contribution in [-0.2, 0) is 16.1 Å². The molecule has 116 valence electrons. The van der Waals surface area contributed by atoms with Crippen LogP contribution in [0.5, 0.6) is 0 Å². The number of ether oxygens (including phenoxy) is 1. The van der Waals surface area contributed by atoms with Crippen LogP contribution in [-0.4, -0.2) is 43.6 Å². The number of carbonyl (C=O) groups excluding carboxylic acids is 1. The largest absolute Gasteiger partial charge is 0.466 e. The summed E-state index contributed by atoms with van der Waals surface area (Å²) in [5, 5.41) is 5.43. The Morgan fingerprint density at radius 3 is 3.14 bits per heavy atom. The molecule has 1 N–H and O–H groups in total. The maximum atomic E-state index is 11.9. The molecule has 1 atom stereocenters. The van der Waals surface area contributed by atoms with E-state index < -0.39 is 0 Å². The molecule has 1 saturated heterocycles. The molecule has 0 aromatic carbocycles. The molecule has 0 spiro atoms. The van der Waals surface area contributed by atoms with E-state index >= 15 is 0 Å². The lowest BCUT2D eigenvalue weighted by atomic mass is 9.98. The molecule has 1 fully saturated rings. The average Bonchev–Trinajstić information content (AvgIpc) is 3.02. The van der Waals surface area contributed by atoms with Crippen LogP contribution >= 0.6 is 11.3 Å². The summed E-state index contributed by atoms with van der Waals surface area (Å²) >= 11 is 1.72. The van der Waals surface area contributed by atoms with Crippen molar-refractivity contribution >= 4 is 23.3 Å². The van der Waals surface area contributed by atoms with E-state index in [1.807, 2.05) is 13.0 Å². The Bertz CT molecular complexity index is 473. The van der Waals surface area contributed by atoms with Crippen LogP contribution in [0, 0.1) is 5.92 Å². The molecule has 0 amide bonds. The number of hydrogen-bond donors (Lipinski definition) is 1. The van der Waals surface area contributed by atoms with Gasteiger partial charge >= 0.3 is 5.97 Å². The predicted molar refractivity (Wildman–Crippen MR) is 85.4 cm³/mol. The highest BCUT2D eigenvalue weighted by Gasteiger charge is 2.28. The zero-order chi connectivity index (χ0) is 15.1. The zero-order valence-electron chi connectivity index (χ0n) is 12.7. The first-order chi connectivity index (χ1) is 10.2. The van der Waals surface area contributed by atoms with Gasteiger partial charge in [-0.3, -0.25) is 9.79 Å². The highest BCUT2D eigenvalue weighted by atomic mass is 32.1. The summed E-state index contributed by atoms with van der Waals surface area (Å²) in [5.41, 5.74) is 0. The summed E-state index contributed by atoms with van der Waals surface area (Å²) < 4.78 is 5.14. The van der Waals surface area contributed by atoms with Crippen LogP contribution in [0.15, 0.2) is 22.5 Å². The number of aliphatic imine (C=N–C) groups is 1. The minimum atomic E-state index is -0.0871. The minimum absolute atomic E-state index is 0.0426. The highest BCUT2D eigenvalue weighted by molar-refractivity contribution is 7.09. The van der Waals surface area contributed by atoms with Gasteiger partial charge < -0.3 is 15.0 Å². The summed E-state index contributed by atoms with van der Waals surface area (Å²) in [6.45, 7) is 4.68. The Morgan fingerprint density at radius 1 is 1.62 bits per heavy atom. The summed E-state index contributed by atoms with van der Waals surface area (Å²) in [6.07, 6.45) is 1.89. The highest BCUT2D eigenvalue weighted by Crippen LogP contribution is 2.18. The molecule has 5 nitrogen and oxygen atoms in total. The molecule has 0 radical (unpaired) electrons. The van der Waals surface area contributed by atoms with Crippen molar-refractivity contribution in [1.82, 2.24) is 10.2 Å². The number of rotatable bonds is 4. The molecular formula is C15H23N3O2S. The van der Waals surface area contributed by atoms with Gasteiger partial charge in [0.2, 0.25) is 0 Å². The quantitative estimate of drug-likeness (QED) is 0.526. The summed E-state index contributed by atoms with van der Waals surface area (Å²) in [4.78, 5) is 19.7. The van der Waals surface area contributed by atoms with Gasteiger partial charge in [0, 0.05) is 25.0 Å². The third kappa shape index (κ3) is 4.46. The monoisotopic (exact) mass is 309 g/mol. The number of nitrogens with one attached hydrogen (secondary N) is 1. The standard InChI is InChI=1S/C15H23N3O2S/c1-3-20-14(19)12-6-4-8-18(11-12)15(16-2)17-10-13-7-5-9-21-13/h5,7,9,12H,3-4,6,8,10-11H2,1-2H3,(H,16,17). The maximum Gasteiger partial charge on any atom is 0.310 e. The predicted octanol–water partition coefficient (Wildman–Crippen LogP) is 2.10. The first kappa shape index (κ1) is 15.8. The van der Waals surface area contributed by atoms with E-state index in [2.05, 4.69) is 26.7 Å². The Hall–Kier alpha value is -1.56. The normalized spacial score (nSPS) is 19.4. The van der Waals surface area contributed by atoms with E-state index in [9.17, 15) is 4.79 Å². The number of piperidine rings is 1. The van der Waals surface area contributed by atoms with Gasteiger partial charge in [0.25, 0.3) is 0 Å². The second-order valence-corrected chi connectivity index (χ2v) is 6.05. The number of carbonyl (C=O) groups is 1. The van der Waals surface area contributed by atoms with E-state index in [4.69, 9.17) is 4.74 Å². The topological polar surface area (TPSA) is 53.9 Å². The van der Waals surface area contributed by atoms with Gasteiger partial charge in [-0.2, -0.15) is 0 Å². The van der Waals surface area contributed by atoms with E-state index in [1.54, 1.807) is 18.4 Å². The summed E-state index contributed by atoms with van der Waals surface area (Å²) in [6, 6.07) is 4.14. The van der Waals surface area contributed by atoms with Crippen LogP contribution in [0.25, 0.3) is 0 Å². The molecule has 1 aromatic rings. The van der Waals surface area contributed by atoms with E-state index in [-0.39, 0.29) is 11.9 Å². The van der Waals surface area contributed by atoms with Gasteiger partial charge in [0.15, 0.2) is 5.96 Å². The fourth-order valence-corrected chi connectivity index (χ4v) is 3.18. The fourth-order valence-electron chi connectivity index (χ4n) is 2.53. The molecule has 1 aliphatic heterocycles. The van der Waals surface area contributed by atoms with Gasteiger partial charge in [0.1, 0.15) is 0 Å². The smallest absolute Gasteiger partial charge is 0.310 e. The molecule has 1 aliphatic rings. The lowest BCUT2D eigenvalue weighted by Gasteiger charge is -2.33. The number of guanidine groups is 1. The van der Waals surface area contributed by atoms with Crippen molar-refractivity contribution < 1.29 is 9.53 Å². The van der Waals surface area contributed by atoms with Crippen molar-refractivity contribution in [3.63, 3.8) is 0 Å². The third-order valence-electron chi connectivity index (χ3n) is 3.55. The molecule has 1 unspecified atom stereocenters. The first-order valence-corrected chi connectivity index (χ1v) is 8.27. The van der Waals surface area contributed by atoms with Gasteiger partial charge in [-0.1, -0.05) is 6.07 Å². The van der Waals surface area contributed by atoms with Crippen molar-refractivity contribution in [3.05, 3.63) is 22.4 Å². The van der Waals surface area contributed by atoms with Crippen LogP contribution in [0.4, 0.5) is 0 Å². The van der Waals surface area contributed by atoms with Crippen LogP contribution in [0.1, 0.15) is 24.6 Å². The second-order valence-electron chi connectivity index (χ2n) is 5.02. The molecule has 2 heterocycles. The molecule has 2 rings (SSSR count). The molecule has 0 saturated carbocycles. The minimum Gasteiger partial charge on any atom is -0.466 e. The zero-order valence-corrected chi connectivity index (χ0v) is 13.5. The van der Waals surface area contributed by atoms with E-state index in [0.717, 1.165) is 31.9 Å². The van der Waals surface area contributed by atoms with E-state index in [1.165, 1.54) is 4.88 Å². The molecule has 21 heavy (non-hydrogen) atoms. The first-order valence-electron chi connectivity index (χ1n) is 7.39. The number of likely N-dealkylation sites (tertiary alicyclic amines) is 1. The van der Waals surface area contributed by atoms with E-state index in [0.29, 0.717) is 13.2 Å². The SMILES string of the molecule is CCOC(=O)C1CCCN(C(=NC)NCc2cccs2)C1. The number of esters is 1. The third-order valence-corrected chi connectivity index (χ3v) is 4.43. The van der Waals surface area contributed by atoms with Gasteiger partial charge in [0.05, 0.1) is 19.1 Å².